The number of nitrogens with zero attached hydrogens (tertiary/aromatic N) is 1. The minimum atomic E-state index is 0.493. The molecule has 1 fully saturated rings. The maximum atomic E-state index is 4.41. The molecule has 0 spiro atoms. The van der Waals surface area contributed by atoms with Gasteiger partial charge < -0.3 is 5.32 Å². The van der Waals surface area contributed by atoms with Crippen molar-refractivity contribution in [3.63, 3.8) is 0 Å². The summed E-state index contributed by atoms with van der Waals surface area (Å²) in [5, 5.41) is 4.92. The smallest absolute Gasteiger partial charge is 0.0702 e. The van der Waals surface area contributed by atoms with Crippen LogP contribution in [0.1, 0.15) is 50.6 Å². The monoisotopic (exact) mass is 268 g/mol. The topological polar surface area (TPSA) is 24.9 Å². The summed E-state index contributed by atoms with van der Waals surface area (Å²) < 4.78 is 0. The third-order valence-electron chi connectivity index (χ3n) is 4.52. The number of hydrogen-bond donors (Lipinski definition) is 1. The molecule has 1 unspecified atom stereocenters. The van der Waals surface area contributed by atoms with Crippen LogP contribution in [-0.4, -0.2) is 11.5 Å². The second-order valence-corrected chi connectivity index (χ2v) is 5.95. The van der Waals surface area contributed by atoms with Crippen LogP contribution < -0.4 is 5.32 Å². The molecule has 0 amide bonds. The standard InChI is InChI=1S/C18H24N2/c1-2-19-18(12-14-6-3-4-7-14)16-9-10-17-15(13-16)8-5-11-20-17/h5,8-11,13-14,18-19H,2-4,6-7,12H2,1H3. The largest absolute Gasteiger partial charge is 0.310 e. The molecule has 1 heterocycles. The van der Waals surface area contributed by atoms with Gasteiger partial charge in [-0.1, -0.05) is 44.7 Å². The molecule has 1 atom stereocenters. The predicted molar refractivity (Wildman–Crippen MR) is 84.7 cm³/mol. The molecule has 1 aliphatic carbocycles. The second-order valence-electron chi connectivity index (χ2n) is 5.95. The molecule has 0 aliphatic heterocycles. The van der Waals surface area contributed by atoms with E-state index in [2.05, 4.69) is 41.5 Å². The summed E-state index contributed by atoms with van der Waals surface area (Å²) >= 11 is 0. The van der Waals surface area contributed by atoms with E-state index in [-0.39, 0.29) is 0 Å². The molecule has 0 radical (unpaired) electrons. The van der Waals surface area contributed by atoms with E-state index in [9.17, 15) is 0 Å². The van der Waals surface area contributed by atoms with Crippen LogP contribution in [0.15, 0.2) is 36.5 Å². The van der Waals surface area contributed by atoms with E-state index in [0.29, 0.717) is 6.04 Å². The Hall–Kier alpha value is -1.41. The van der Waals surface area contributed by atoms with E-state index in [1.165, 1.54) is 43.1 Å². The molecule has 2 heteroatoms. The van der Waals surface area contributed by atoms with Gasteiger partial charge in [0.15, 0.2) is 0 Å². The Morgan fingerprint density at radius 2 is 2.10 bits per heavy atom. The van der Waals surface area contributed by atoms with Crippen LogP contribution >= 0.6 is 0 Å². The Morgan fingerprint density at radius 1 is 1.25 bits per heavy atom. The maximum Gasteiger partial charge on any atom is 0.0702 e. The van der Waals surface area contributed by atoms with Crippen molar-refractivity contribution in [2.75, 3.05) is 6.54 Å². The number of nitrogens with one attached hydrogen (secondary N) is 1. The van der Waals surface area contributed by atoms with Crippen molar-refractivity contribution in [3.05, 3.63) is 42.1 Å². The summed E-state index contributed by atoms with van der Waals surface area (Å²) in [5.74, 6) is 0.906. The first kappa shape index (κ1) is 13.6. The molecule has 1 saturated carbocycles. The summed E-state index contributed by atoms with van der Waals surface area (Å²) in [6, 6.07) is 11.4. The van der Waals surface area contributed by atoms with Crippen LogP contribution in [-0.2, 0) is 0 Å². The fraction of sp³-hybridized carbons (Fsp3) is 0.500. The van der Waals surface area contributed by atoms with E-state index in [4.69, 9.17) is 0 Å². The number of rotatable bonds is 5. The Kier molecular flexibility index (Phi) is 4.31. The molecular weight excluding hydrogens is 244 g/mol. The van der Waals surface area contributed by atoms with Crippen molar-refractivity contribution in [1.82, 2.24) is 10.3 Å². The highest BCUT2D eigenvalue weighted by Crippen LogP contribution is 2.33. The molecule has 106 valence electrons. The van der Waals surface area contributed by atoms with E-state index in [1.807, 2.05) is 12.3 Å². The van der Waals surface area contributed by atoms with Gasteiger partial charge >= 0.3 is 0 Å². The first-order valence-electron chi connectivity index (χ1n) is 7.95. The average Bonchev–Trinajstić information content (AvgIpc) is 2.99. The molecule has 1 aromatic heterocycles. The Morgan fingerprint density at radius 3 is 2.90 bits per heavy atom. The van der Waals surface area contributed by atoms with Gasteiger partial charge in [-0.2, -0.15) is 0 Å². The van der Waals surface area contributed by atoms with E-state index >= 15 is 0 Å². The average molecular weight is 268 g/mol. The Labute approximate surface area is 121 Å². The first-order chi connectivity index (χ1) is 9.86. The molecule has 0 bridgehead atoms. The molecule has 20 heavy (non-hydrogen) atoms. The van der Waals surface area contributed by atoms with Gasteiger partial charge in [-0.05, 0) is 42.6 Å². The van der Waals surface area contributed by atoms with Crippen LogP contribution in [0.4, 0.5) is 0 Å². The van der Waals surface area contributed by atoms with Gasteiger partial charge in [0, 0.05) is 17.6 Å². The molecule has 1 aromatic carbocycles. The third-order valence-corrected chi connectivity index (χ3v) is 4.52. The lowest BCUT2D eigenvalue weighted by Crippen LogP contribution is -2.23. The summed E-state index contributed by atoms with van der Waals surface area (Å²) in [5.41, 5.74) is 2.51. The molecule has 1 N–H and O–H groups in total. The molecule has 1 aliphatic rings. The molecule has 2 nitrogen and oxygen atoms in total. The van der Waals surface area contributed by atoms with Gasteiger partial charge in [0.05, 0.1) is 5.52 Å². The SMILES string of the molecule is CCNC(CC1CCCC1)c1ccc2ncccc2c1. The van der Waals surface area contributed by atoms with Crippen LogP contribution in [0.5, 0.6) is 0 Å². The lowest BCUT2D eigenvalue weighted by atomic mass is 9.93. The summed E-state index contributed by atoms with van der Waals surface area (Å²) in [4.78, 5) is 4.41. The highest BCUT2D eigenvalue weighted by Gasteiger charge is 2.20. The number of hydrogen-bond acceptors (Lipinski definition) is 2. The number of benzene rings is 1. The maximum absolute atomic E-state index is 4.41. The quantitative estimate of drug-likeness (QED) is 0.865. The van der Waals surface area contributed by atoms with Crippen LogP contribution in [0.3, 0.4) is 0 Å². The second kappa shape index (κ2) is 6.36. The minimum Gasteiger partial charge on any atom is -0.310 e. The summed E-state index contributed by atoms with van der Waals surface area (Å²) in [6.45, 7) is 3.23. The molecule has 2 aromatic rings. The number of fused-ring (bicyclic) bond motifs is 1. The van der Waals surface area contributed by atoms with Crippen molar-refractivity contribution < 1.29 is 0 Å². The third kappa shape index (κ3) is 3.01. The van der Waals surface area contributed by atoms with Crippen LogP contribution in [0, 0.1) is 5.92 Å². The van der Waals surface area contributed by atoms with Gasteiger partial charge in [0.1, 0.15) is 0 Å². The molecule has 3 rings (SSSR count). The molecular formula is C18H24N2. The normalized spacial score (nSPS) is 17.6. The van der Waals surface area contributed by atoms with Crippen molar-refractivity contribution >= 4 is 10.9 Å². The van der Waals surface area contributed by atoms with Gasteiger partial charge in [-0.15, -0.1) is 0 Å². The van der Waals surface area contributed by atoms with Gasteiger partial charge in [0.25, 0.3) is 0 Å². The van der Waals surface area contributed by atoms with Crippen LogP contribution in [0.25, 0.3) is 10.9 Å². The zero-order chi connectivity index (χ0) is 13.8. The fourth-order valence-corrected chi connectivity index (χ4v) is 3.47. The number of aromatic nitrogens is 1. The highest BCUT2D eigenvalue weighted by molar-refractivity contribution is 5.79. The van der Waals surface area contributed by atoms with Gasteiger partial charge in [-0.3, -0.25) is 4.98 Å². The van der Waals surface area contributed by atoms with E-state index in [1.54, 1.807) is 0 Å². The molecule has 0 saturated heterocycles. The van der Waals surface area contributed by atoms with Crippen molar-refractivity contribution in [2.24, 2.45) is 5.92 Å². The Balaban J connectivity index is 1.83. The zero-order valence-corrected chi connectivity index (χ0v) is 12.3. The predicted octanol–water partition coefficient (Wildman–Crippen LogP) is 4.47. The fourth-order valence-electron chi connectivity index (χ4n) is 3.47. The number of pyridine rings is 1. The lowest BCUT2D eigenvalue weighted by Gasteiger charge is -2.22. The summed E-state index contributed by atoms with van der Waals surface area (Å²) in [6.07, 6.45) is 8.81. The van der Waals surface area contributed by atoms with E-state index < -0.39 is 0 Å². The Bertz CT molecular complexity index is 558. The van der Waals surface area contributed by atoms with Crippen LogP contribution in [0.2, 0.25) is 0 Å². The van der Waals surface area contributed by atoms with Gasteiger partial charge in [0.2, 0.25) is 0 Å². The van der Waals surface area contributed by atoms with Crippen molar-refractivity contribution in [3.8, 4) is 0 Å². The summed E-state index contributed by atoms with van der Waals surface area (Å²) in [7, 11) is 0. The van der Waals surface area contributed by atoms with E-state index in [0.717, 1.165) is 18.0 Å². The zero-order valence-electron chi connectivity index (χ0n) is 12.3. The van der Waals surface area contributed by atoms with Crippen molar-refractivity contribution in [1.29, 1.82) is 0 Å². The van der Waals surface area contributed by atoms with Crippen molar-refractivity contribution in [2.45, 2.75) is 45.1 Å². The minimum absolute atomic E-state index is 0.493. The lowest BCUT2D eigenvalue weighted by molar-refractivity contribution is 0.401. The van der Waals surface area contributed by atoms with Gasteiger partial charge in [-0.25, -0.2) is 0 Å². The first-order valence-corrected chi connectivity index (χ1v) is 7.95. The highest BCUT2D eigenvalue weighted by atomic mass is 14.9.